The Morgan fingerprint density at radius 3 is 0.909 bits per heavy atom. The summed E-state index contributed by atoms with van der Waals surface area (Å²) in [7, 11) is 0. The summed E-state index contributed by atoms with van der Waals surface area (Å²) >= 11 is 0. The minimum absolute atomic E-state index is 0.417. The summed E-state index contributed by atoms with van der Waals surface area (Å²) in [6, 6.07) is 49.7. The molecule has 7 aromatic carbocycles. The third kappa shape index (κ3) is 5.21. The molecular weight excluding hydrogens is 544 g/mol. The summed E-state index contributed by atoms with van der Waals surface area (Å²) in [4.78, 5) is 26.8. The van der Waals surface area contributed by atoms with Gasteiger partial charge in [0.1, 0.15) is 11.5 Å². The van der Waals surface area contributed by atoms with E-state index in [0.29, 0.717) is 44.2 Å². The molecule has 0 aliphatic heterocycles. The molecule has 0 N–H and O–H groups in total. The Hall–Kier alpha value is -6.00. The van der Waals surface area contributed by atoms with Gasteiger partial charge in [-0.05, 0) is 46.5 Å². The molecule has 0 fully saturated rings. The lowest BCUT2D eigenvalue weighted by atomic mass is 10.00. The molecule has 0 saturated heterocycles. The molecule has 210 valence electrons. The maximum atomic E-state index is 13.4. The number of hydrogen-bond donors (Lipinski definition) is 0. The van der Waals surface area contributed by atoms with Crippen LogP contribution < -0.4 is 9.47 Å². The third-order valence-electron chi connectivity index (χ3n) is 7.68. The van der Waals surface area contributed by atoms with Crippen LogP contribution in [0.1, 0.15) is 20.7 Å². The average Bonchev–Trinajstić information content (AvgIpc) is 3.10. The van der Waals surface area contributed by atoms with Crippen molar-refractivity contribution in [2.45, 2.75) is 0 Å². The van der Waals surface area contributed by atoms with Crippen LogP contribution in [0.2, 0.25) is 0 Å². The molecule has 7 aromatic rings. The van der Waals surface area contributed by atoms with Gasteiger partial charge in [0.15, 0.2) is 0 Å². The maximum Gasteiger partial charge on any atom is 0.343 e. The monoisotopic (exact) mass is 570 g/mol. The van der Waals surface area contributed by atoms with Crippen LogP contribution in [0.5, 0.6) is 11.5 Å². The second-order valence-electron chi connectivity index (χ2n) is 10.4. The number of esters is 2. The van der Waals surface area contributed by atoms with Crippen LogP contribution in [0.4, 0.5) is 0 Å². The van der Waals surface area contributed by atoms with E-state index >= 15 is 0 Å². The van der Waals surface area contributed by atoms with Crippen molar-refractivity contribution in [2.75, 3.05) is 0 Å². The second-order valence-corrected chi connectivity index (χ2v) is 10.4. The average molecular weight is 571 g/mol. The van der Waals surface area contributed by atoms with Crippen molar-refractivity contribution in [3.8, 4) is 33.8 Å². The van der Waals surface area contributed by atoms with Crippen molar-refractivity contribution < 1.29 is 19.1 Å². The number of benzene rings is 7. The SMILES string of the molecule is O=C(Oc1c2ccccc2c(OC(=O)c2ccc(-c3ccccc3)cc2)c2ccccc12)c1ccc(-c2ccccc2)cc1. The Balaban J connectivity index is 1.22. The zero-order valence-corrected chi connectivity index (χ0v) is 23.6. The van der Waals surface area contributed by atoms with E-state index in [9.17, 15) is 9.59 Å². The zero-order valence-electron chi connectivity index (χ0n) is 23.6. The standard InChI is InChI=1S/C40H26O4/c41-39(31-23-19-29(20-24-31)27-11-3-1-4-12-27)43-37-33-15-7-9-17-35(33)38(36-18-10-8-16-34(36)37)44-40(42)32-25-21-30(22-26-32)28-13-5-2-6-14-28/h1-26H. The second kappa shape index (κ2) is 11.7. The summed E-state index contributed by atoms with van der Waals surface area (Å²) in [6.07, 6.45) is 0. The van der Waals surface area contributed by atoms with Crippen molar-refractivity contribution in [3.05, 3.63) is 169 Å². The molecule has 0 aromatic heterocycles. The quantitative estimate of drug-likeness (QED) is 0.113. The molecule has 0 unspecified atom stereocenters. The number of carbonyl (C=O) groups is 2. The van der Waals surface area contributed by atoms with Gasteiger partial charge in [-0.1, -0.05) is 133 Å². The molecule has 4 heteroatoms. The van der Waals surface area contributed by atoms with E-state index in [1.807, 2.05) is 133 Å². The Morgan fingerprint density at radius 1 is 0.318 bits per heavy atom. The normalized spacial score (nSPS) is 10.9. The van der Waals surface area contributed by atoms with E-state index in [0.717, 1.165) is 22.3 Å². The van der Waals surface area contributed by atoms with Gasteiger partial charge in [0.05, 0.1) is 11.1 Å². The molecule has 44 heavy (non-hydrogen) atoms. The highest BCUT2D eigenvalue weighted by Crippen LogP contribution is 2.43. The van der Waals surface area contributed by atoms with Gasteiger partial charge in [-0.15, -0.1) is 0 Å². The van der Waals surface area contributed by atoms with Gasteiger partial charge in [-0.2, -0.15) is 0 Å². The van der Waals surface area contributed by atoms with Crippen molar-refractivity contribution in [3.63, 3.8) is 0 Å². The van der Waals surface area contributed by atoms with E-state index < -0.39 is 11.9 Å². The van der Waals surface area contributed by atoms with Gasteiger partial charge in [0, 0.05) is 21.5 Å². The predicted molar refractivity (Wildman–Crippen MR) is 175 cm³/mol. The van der Waals surface area contributed by atoms with E-state index in [1.165, 1.54) is 0 Å². The van der Waals surface area contributed by atoms with Gasteiger partial charge in [0.25, 0.3) is 0 Å². The van der Waals surface area contributed by atoms with Crippen LogP contribution in [-0.4, -0.2) is 11.9 Å². The molecule has 0 spiro atoms. The summed E-state index contributed by atoms with van der Waals surface area (Å²) in [6.45, 7) is 0. The van der Waals surface area contributed by atoms with Crippen molar-refractivity contribution >= 4 is 33.5 Å². The summed E-state index contributed by atoms with van der Waals surface area (Å²) in [5.41, 5.74) is 5.04. The van der Waals surface area contributed by atoms with E-state index in [4.69, 9.17) is 9.47 Å². The Kier molecular flexibility index (Phi) is 7.15. The minimum Gasteiger partial charge on any atom is -0.422 e. The van der Waals surface area contributed by atoms with Crippen LogP contribution in [0.25, 0.3) is 43.8 Å². The number of carbonyl (C=O) groups excluding carboxylic acids is 2. The van der Waals surface area contributed by atoms with Crippen molar-refractivity contribution in [1.29, 1.82) is 0 Å². The van der Waals surface area contributed by atoms with Crippen LogP contribution in [0.15, 0.2) is 158 Å². The summed E-state index contributed by atoms with van der Waals surface area (Å²) in [5.74, 6) is -0.105. The largest absolute Gasteiger partial charge is 0.422 e. The molecule has 0 aliphatic carbocycles. The first kappa shape index (κ1) is 26.9. The van der Waals surface area contributed by atoms with Crippen LogP contribution >= 0.6 is 0 Å². The fourth-order valence-corrected chi connectivity index (χ4v) is 5.43. The summed E-state index contributed by atoms with van der Waals surface area (Å²) in [5, 5.41) is 2.68. The van der Waals surface area contributed by atoms with Gasteiger partial charge >= 0.3 is 11.9 Å². The number of fused-ring (bicyclic) bond motifs is 2. The predicted octanol–water partition coefficient (Wildman–Crippen LogP) is 9.77. The summed E-state index contributed by atoms with van der Waals surface area (Å²) < 4.78 is 12.2. The number of rotatable bonds is 6. The molecule has 0 bridgehead atoms. The highest BCUT2D eigenvalue weighted by Gasteiger charge is 2.21. The van der Waals surface area contributed by atoms with Crippen LogP contribution in [0, 0.1) is 0 Å². The number of hydrogen-bond acceptors (Lipinski definition) is 4. The first-order valence-electron chi connectivity index (χ1n) is 14.3. The lowest BCUT2D eigenvalue weighted by molar-refractivity contribution is 0.0726. The smallest absolute Gasteiger partial charge is 0.343 e. The molecule has 4 nitrogen and oxygen atoms in total. The zero-order chi connectivity index (χ0) is 29.9. The van der Waals surface area contributed by atoms with E-state index in [1.54, 1.807) is 24.3 Å². The molecule has 7 rings (SSSR count). The van der Waals surface area contributed by atoms with Gasteiger partial charge < -0.3 is 9.47 Å². The first-order chi connectivity index (χ1) is 21.7. The van der Waals surface area contributed by atoms with Gasteiger partial charge in [-0.25, -0.2) is 9.59 Å². The first-order valence-corrected chi connectivity index (χ1v) is 14.3. The molecule has 0 saturated carbocycles. The third-order valence-corrected chi connectivity index (χ3v) is 7.68. The lowest BCUT2D eigenvalue weighted by Gasteiger charge is -2.16. The highest BCUT2D eigenvalue weighted by atomic mass is 16.5. The van der Waals surface area contributed by atoms with E-state index in [-0.39, 0.29) is 0 Å². The maximum absolute atomic E-state index is 13.4. The fourth-order valence-electron chi connectivity index (χ4n) is 5.43. The molecule has 0 aliphatic rings. The Morgan fingerprint density at radius 2 is 0.591 bits per heavy atom. The fraction of sp³-hybridized carbons (Fsp3) is 0. The van der Waals surface area contributed by atoms with Gasteiger partial charge in [-0.3, -0.25) is 0 Å². The highest BCUT2D eigenvalue weighted by molar-refractivity contribution is 6.13. The minimum atomic E-state index is -0.469. The molecule has 0 radical (unpaired) electrons. The van der Waals surface area contributed by atoms with Crippen LogP contribution in [-0.2, 0) is 0 Å². The van der Waals surface area contributed by atoms with Crippen molar-refractivity contribution in [1.82, 2.24) is 0 Å². The Bertz CT molecular complexity index is 1900. The molecule has 0 atom stereocenters. The molecular formula is C40H26O4. The van der Waals surface area contributed by atoms with Crippen molar-refractivity contribution in [2.24, 2.45) is 0 Å². The Labute approximate surface area is 254 Å². The molecule has 0 heterocycles. The topological polar surface area (TPSA) is 52.6 Å². The van der Waals surface area contributed by atoms with Gasteiger partial charge in [0.2, 0.25) is 0 Å². The number of ether oxygens (including phenoxy) is 2. The molecule has 0 amide bonds. The van der Waals surface area contributed by atoms with Crippen LogP contribution in [0.3, 0.4) is 0 Å². The lowest BCUT2D eigenvalue weighted by Crippen LogP contribution is -2.11. The van der Waals surface area contributed by atoms with E-state index in [2.05, 4.69) is 0 Å².